The number of anilines is 2. The molecule has 0 saturated heterocycles. The number of carbonyl (C=O) groups excluding carboxylic acids is 1. The lowest BCUT2D eigenvalue weighted by Gasteiger charge is -2.30. The second kappa shape index (κ2) is 8.26. The third-order valence-corrected chi connectivity index (χ3v) is 7.78. The van der Waals surface area contributed by atoms with Gasteiger partial charge >= 0.3 is 0 Å². The van der Waals surface area contributed by atoms with Crippen LogP contribution in [0.25, 0.3) is 0 Å². The van der Waals surface area contributed by atoms with Gasteiger partial charge in [0.05, 0.1) is 5.69 Å². The molecule has 1 aliphatic heterocycles. The first-order valence-corrected chi connectivity index (χ1v) is 11.5. The number of hydrogen-bond acceptors (Lipinski definition) is 5. The fraction of sp³-hybridized carbons (Fsp3) is 0.190. The van der Waals surface area contributed by atoms with E-state index >= 15 is 0 Å². The van der Waals surface area contributed by atoms with Crippen molar-refractivity contribution < 1.29 is 17.9 Å². The van der Waals surface area contributed by atoms with E-state index in [1.54, 1.807) is 41.8 Å². The lowest BCUT2D eigenvalue weighted by atomic mass is 10.0. The van der Waals surface area contributed by atoms with Crippen LogP contribution in [0.3, 0.4) is 0 Å². The summed E-state index contributed by atoms with van der Waals surface area (Å²) in [5, 5.41) is 4.57. The van der Waals surface area contributed by atoms with Crippen molar-refractivity contribution in [3.8, 4) is 5.75 Å². The van der Waals surface area contributed by atoms with Gasteiger partial charge in [0.25, 0.3) is 15.9 Å². The molecule has 1 aromatic heterocycles. The molecule has 0 atom stereocenters. The van der Waals surface area contributed by atoms with Crippen molar-refractivity contribution in [2.24, 2.45) is 0 Å². The zero-order chi connectivity index (χ0) is 20.3. The maximum Gasteiger partial charge on any atom is 0.273 e. The standard InChI is InChI=1S/C21H20N2O4S2/c24-20(15-27-18-7-2-1-3-8-18)22-17-10-11-19-16(14-17)6-4-12-23(19)29(25,26)21-9-5-13-28-21/h1-3,5,7-11,13-14H,4,6,12,15H2,(H,22,24). The fourth-order valence-electron chi connectivity index (χ4n) is 3.27. The molecule has 0 unspecified atom stereocenters. The number of thiophene rings is 1. The van der Waals surface area contributed by atoms with Gasteiger partial charge in [0.2, 0.25) is 0 Å². The Kier molecular flexibility index (Phi) is 5.55. The molecule has 0 saturated carbocycles. The zero-order valence-corrected chi connectivity index (χ0v) is 17.2. The van der Waals surface area contributed by atoms with E-state index in [-0.39, 0.29) is 12.5 Å². The highest BCUT2D eigenvalue weighted by molar-refractivity contribution is 7.94. The molecule has 3 aromatic rings. The number of sulfonamides is 1. The van der Waals surface area contributed by atoms with E-state index in [9.17, 15) is 13.2 Å². The molecule has 0 bridgehead atoms. The molecule has 1 aliphatic rings. The second-order valence-corrected chi connectivity index (χ2v) is 9.64. The summed E-state index contributed by atoms with van der Waals surface area (Å²) in [5.41, 5.74) is 2.20. The van der Waals surface area contributed by atoms with Crippen molar-refractivity contribution in [3.63, 3.8) is 0 Å². The Labute approximate surface area is 173 Å². The molecule has 0 fully saturated rings. The number of hydrogen-bond donors (Lipinski definition) is 1. The maximum atomic E-state index is 12.9. The predicted molar refractivity (Wildman–Crippen MR) is 114 cm³/mol. The van der Waals surface area contributed by atoms with Crippen LogP contribution in [0.1, 0.15) is 12.0 Å². The number of nitrogens with zero attached hydrogens (tertiary/aromatic N) is 1. The molecule has 2 heterocycles. The van der Waals surface area contributed by atoms with E-state index in [2.05, 4.69) is 5.32 Å². The molecule has 0 radical (unpaired) electrons. The molecule has 29 heavy (non-hydrogen) atoms. The van der Waals surface area contributed by atoms with Gasteiger partial charge in [0.15, 0.2) is 6.61 Å². The van der Waals surface area contributed by atoms with E-state index in [1.807, 2.05) is 24.3 Å². The molecule has 6 nitrogen and oxygen atoms in total. The van der Waals surface area contributed by atoms with Crippen LogP contribution in [0, 0.1) is 0 Å². The van der Waals surface area contributed by atoms with Crippen LogP contribution in [0.2, 0.25) is 0 Å². The van der Waals surface area contributed by atoms with Crippen LogP contribution < -0.4 is 14.4 Å². The largest absolute Gasteiger partial charge is 0.484 e. The highest BCUT2D eigenvalue weighted by atomic mass is 32.2. The van der Waals surface area contributed by atoms with Crippen LogP contribution in [-0.2, 0) is 21.2 Å². The Morgan fingerprint density at radius 3 is 2.69 bits per heavy atom. The number of rotatable bonds is 6. The van der Waals surface area contributed by atoms with Crippen molar-refractivity contribution in [3.05, 3.63) is 71.6 Å². The Hall–Kier alpha value is -2.84. The first-order valence-electron chi connectivity index (χ1n) is 9.21. The molecule has 4 rings (SSSR count). The Balaban J connectivity index is 1.48. The van der Waals surface area contributed by atoms with Gasteiger partial charge in [-0.2, -0.15) is 0 Å². The van der Waals surface area contributed by atoms with E-state index in [0.717, 1.165) is 18.4 Å². The van der Waals surface area contributed by atoms with E-state index < -0.39 is 10.0 Å². The van der Waals surface area contributed by atoms with Crippen molar-refractivity contribution in [2.75, 3.05) is 22.8 Å². The van der Waals surface area contributed by atoms with Gasteiger partial charge in [-0.25, -0.2) is 8.42 Å². The van der Waals surface area contributed by atoms with E-state index in [4.69, 9.17) is 4.74 Å². The Morgan fingerprint density at radius 2 is 1.93 bits per heavy atom. The predicted octanol–water partition coefficient (Wildman–Crippen LogP) is 3.91. The number of ether oxygens (including phenoxy) is 1. The van der Waals surface area contributed by atoms with Crippen LogP contribution in [0.4, 0.5) is 11.4 Å². The minimum absolute atomic E-state index is 0.0972. The topological polar surface area (TPSA) is 75.7 Å². The van der Waals surface area contributed by atoms with Crippen molar-refractivity contribution in [1.82, 2.24) is 0 Å². The smallest absolute Gasteiger partial charge is 0.273 e. The number of para-hydroxylation sites is 1. The first kappa shape index (κ1) is 19.5. The lowest BCUT2D eigenvalue weighted by Crippen LogP contribution is -2.35. The van der Waals surface area contributed by atoms with Crippen LogP contribution in [0.5, 0.6) is 5.75 Å². The van der Waals surface area contributed by atoms with Crippen molar-refractivity contribution in [2.45, 2.75) is 17.1 Å². The second-order valence-electron chi connectivity index (χ2n) is 6.61. The van der Waals surface area contributed by atoms with Crippen LogP contribution in [-0.4, -0.2) is 27.5 Å². The summed E-state index contributed by atoms with van der Waals surface area (Å²) in [6.07, 6.45) is 1.49. The molecule has 8 heteroatoms. The quantitative estimate of drug-likeness (QED) is 0.646. The normalized spacial score (nSPS) is 13.6. The van der Waals surface area contributed by atoms with E-state index in [1.165, 1.54) is 15.6 Å². The average molecular weight is 429 g/mol. The Bertz CT molecular complexity index is 1100. The number of benzene rings is 2. The minimum atomic E-state index is -3.56. The molecule has 1 N–H and O–H groups in total. The fourth-order valence-corrected chi connectivity index (χ4v) is 5.92. The third kappa shape index (κ3) is 4.28. The summed E-state index contributed by atoms with van der Waals surface area (Å²) in [5.74, 6) is 0.357. The average Bonchev–Trinajstić information content (AvgIpc) is 3.28. The summed E-state index contributed by atoms with van der Waals surface area (Å²) in [7, 11) is -3.56. The zero-order valence-electron chi connectivity index (χ0n) is 15.6. The van der Waals surface area contributed by atoms with Crippen molar-refractivity contribution in [1.29, 1.82) is 0 Å². The van der Waals surface area contributed by atoms with Crippen LogP contribution in [0.15, 0.2) is 70.3 Å². The van der Waals surface area contributed by atoms with Gasteiger partial charge in [-0.05, 0) is 60.2 Å². The number of amides is 1. The van der Waals surface area contributed by atoms with E-state index in [0.29, 0.717) is 27.9 Å². The molecular weight excluding hydrogens is 408 g/mol. The maximum absolute atomic E-state index is 12.9. The lowest BCUT2D eigenvalue weighted by molar-refractivity contribution is -0.118. The van der Waals surface area contributed by atoms with Gasteiger partial charge in [0.1, 0.15) is 9.96 Å². The number of carbonyl (C=O) groups is 1. The summed E-state index contributed by atoms with van der Waals surface area (Å²) in [6.45, 7) is 0.351. The minimum Gasteiger partial charge on any atom is -0.484 e. The SMILES string of the molecule is O=C(COc1ccccc1)Nc1ccc2c(c1)CCCN2S(=O)(=O)c1cccs1. The molecule has 2 aromatic carbocycles. The van der Waals surface area contributed by atoms with Gasteiger partial charge in [-0.3, -0.25) is 9.10 Å². The summed E-state index contributed by atoms with van der Waals surface area (Å²) in [6, 6.07) is 17.8. The number of aryl methyl sites for hydroxylation is 1. The summed E-state index contributed by atoms with van der Waals surface area (Å²) < 4.78 is 33.1. The van der Waals surface area contributed by atoms with Gasteiger partial charge in [-0.1, -0.05) is 24.3 Å². The molecule has 0 spiro atoms. The summed E-state index contributed by atoms with van der Waals surface area (Å²) in [4.78, 5) is 12.2. The van der Waals surface area contributed by atoms with Gasteiger partial charge in [-0.15, -0.1) is 11.3 Å². The molecule has 150 valence electrons. The molecule has 0 aliphatic carbocycles. The third-order valence-electron chi connectivity index (χ3n) is 4.59. The first-order chi connectivity index (χ1) is 14.0. The summed E-state index contributed by atoms with van der Waals surface area (Å²) >= 11 is 1.21. The monoisotopic (exact) mass is 428 g/mol. The van der Waals surface area contributed by atoms with Crippen molar-refractivity contribution >= 4 is 38.6 Å². The molecule has 1 amide bonds. The van der Waals surface area contributed by atoms with Gasteiger partial charge in [0, 0.05) is 12.2 Å². The highest BCUT2D eigenvalue weighted by Gasteiger charge is 2.29. The molecular formula is C21H20N2O4S2. The Morgan fingerprint density at radius 1 is 1.10 bits per heavy atom. The van der Waals surface area contributed by atoms with Gasteiger partial charge < -0.3 is 10.1 Å². The number of nitrogens with one attached hydrogen (secondary N) is 1. The number of fused-ring (bicyclic) bond motifs is 1. The highest BCUT2D eigenvalue weighted by Crippen LogP contribution is 2.34. The van der Waals surface area contributed by atoms with Crippen LogP contribution >= 0.6 is 11.3 Å².